The van der Waals surface area contributed by atoms with Gasteiger partial charge < -0.3 is 13.8 Å². The Labute approximate surface area is 230 Å². The Kier molecular flexibility index (Phi) is 6.92. The van der Waals surface area contributed by atoms with E-state index in [0.717, 1.165) is 0 Å². The summed E-state index contributed by atoms with van der Waals surface area (Å²) in [5.74, 6) is 1.10. The molecule has 2 heterocycles. The fraction of sp³-hybridized carbons (Fsp3) is 0.207. The minimum absolute atomic E-state index is 0.110. The monoisotopic (exact) mass is 562 g/mol. The van der Waals surface area contributed by atoms with Crippen molar-refractivity contribution in [3.8, 4) is 28.6 Å². The zero-order valence-corrected chi connectivity index (χ0v) is 23.4. The van der Waals surface area contributed by atoms with Crippen molar-refractivity contribution in [2.24, 2.45) is 0 Å². The van der Waals surface area contributed by atoms with E-state index in [9.17, 15) is 17.6 Å². The van der Waals surface area contributed by atoms with Gasteiger partial charge in [0.05, 0.1) is 22.6 Å². The lowest BCUT2D eigenvalue weighted by molar-refractivity contribution is 0.425. The van der Waals surface area contributed by atoms with Crippen molar-refractivity contribution in [2.45, 2.75) is 34.6 Å². The molecule has 0 spiro atoms. The van der Waals surface area contributed by atoms with Crippen LogP contribution in [-0.2, 0) is 10.0 Å². The summed E-state index contributed by atoms with van der Waals surface area (Å²) >= 11 is 0. The van der Waals surface area contributed by atoms with Crippen LogP contribution in [-0.4, -0.2) is 28.9 Å². The summed E-state index contributed by atoms with van der Waals surface area (Å²) in [7, 11) is -3.58. The second kappa shape index (κ2) is 10.2. The highest BCUT2D eigenvalue weighted by atomic mass is 32.2. The number of halogens is 1. The molecule has 0 aliphatic rings. The van der Waals surface area contributed by atoms with Crippen LogP contribution in [0.5, 0.6) is 11.5 Å². The van der Waals surface area contributed by atoms with Crippen LogP contribution >= 0.6 is 0 Å². The lowest BCUT2D eigenvalue weighted by Crippen LogP contribution is -2.15. The first-order valence-corrected chi connectivity index (χ1v) is 14.2. The molecule has 0 amide bonds. The minimum Gasteiger partial charge on any atom is -0.455 e. The maximum atomic E-state index is 14.0. The van der Waals surface area contributed by atoms with Crippen molar-refractivity contribution in [3.05, 3.63) is 93.3 Å². The van der Waals surface area contributed by atoms with Gasteiger partial charge in [0.1, 0.15) is 11.6 Å². The molecule has 11 heteroatoms. The summed E-state index contributed by atoms with van der Waals surface area (Å²) < 4.78 is 54.8. The van der Waals surface area contributed by atoms with Crippen LogP contribution in [0.2, 0.25) is 0 Å². The number of aryl methyl sites for hydroxylation is 4. The lowest BCUT2D eigenvalue weighted by Gasteiger charge is -2.20. The van der Waals surface area contributed by atoms with E-state index in [1.807, 2.05) is 0 Å². The van der Waals surface area contributed by atoms with Gasteiger partial charge in [0.15, 0.2) is 17.0 Å². The number of nitrogens with zero attached hydrogens (tertiary/aromatic N) is 3. The van der Waals surface area contributed by atoms with E-state index in [-0.39, 0.29) is 22.9 Å². The third-order valence-electron chi connectivity index (χ3n) is 6.47. The van der Waals surface area contributed by atoms with Crippen molar-refractivity contribution in [2.75, 3.05) is 10.5 Å². The number of anilines is 1. The fourth-order valence-electron chi connectivity index (χ4n) is 4.48. The maximum absolute atomic E-state index is 14.0. The number of benzene rings is 3. The van der Waals surface area contributed by atoms with Crippen molar-refractivity contribution >= 4 is 26.6 Å². The quantitative estimate of drug-likeness (QED) is 0.260. The van der Waals surface area contributed by atoms with Gasteiger partial charge in [-0.3, -0.25) is 9.52 Å². The molecule has 1 N–H and O–H groups in total. The van der Waals surface area contributed by atoms with E-state index in [1.165, 1.54) is 12.1 Å². The van der Waals surface area contributed by atoms with Gasteiger partial charge in [-0.2, -0.15) is 4.98 Å². The molecule has 3 aromatic carbocycles. The van der Waals surface area contributed by atoms with Gasteiger partial charge in [0.25, 0.3) is 5.89 Å². The lowest BCUT2D eigenvalue weighted by atomic mass is 10.1. The molecule has 0 bridgehead atoms. The first-order valence-electron chi connectivity index (χ1n) is 12.5. The number of hydrogen-bond acceptors (Lipinski definition) is 7. The fourth-order valence-corrected chi connectivity index (χ4v) is 5.11. The highest BCUT2D eigenvalue weighted by Gasteiger charge is 2.18. The highest BCUT2D eigenvalue weighted by Crippen LogP contribution is 2.36. The zero-order valence-electron chi connectivity index (χ0n) is 22.6. The molecule has 0 fully saturated rings. The molecule has 0 unspecified atom stereocenters. The second-order valence-corrected chi connectivity index (χ2v) is 11.6. The Morgan fingerprint density at radius 3 is 2.38 bits per heavy atom. The first kappa shape index (κ1) is 27.1. The summed E-state index contributed by atoms with van der Waals surface area (Å²) in [6.45, 7) is 8.43. The summed E-state index contributed by atoms with van der Waals surface area (Å²) in [6.07, 6.45) is 1.66. The topological polar surface area (TPSA) is 116 Å². The molecule has 40 heavy (non-hydrogen) atoms. The number of sulfonamides is 1. The number of aromatic nitrogens is 3. The predicted octanol–water partition coefficient (Wildman–Crippen LogP) is 5.97. The Morgan fingerprint density at radius 1 is 1.00 bits per heavy atom. The molecule has 0 saturated carbocycles. The molecule has 5 rings (SSSR count). The zero-order chi connectivity index (χ0) is 28.8. The van der Waals surface area contributed by atoms with Crippen molar-refractivity contribution < 1.29 is 22.1 Å². The number of rotatable bonds is 7. The molecule has 0 radical (unpaired) electrons. The summed E-state index contributed by atoms with van der Waals surface area (Å²) in [4.78, 5) is 17.4. The number of pyridine rings is 1. The van der Waals surface area contributed by atoms with Crippen molar-refractivity contribution in [1.29, 1.82) is 0 Å². The average Bonchev–Trinajstić information content (AvgIpc) is 3.34. The van der Waals surface area contributed by atoms with Gasteiger partial charge in [-0.05, 0) is 94.3 Å². The van der Waals surface area contributed by atoms with Crippen molar-refractivity contribution in [1.82, 2.24) is 14.7 Å². The van der Waals surface area contributed by atoms with Gasteiger partial charge in [-0.1, -0.05) is 5.16 Å². The van der Waals surface area contributed by atoms with Crippen molar-refractivity contribution in [3.63, 3.8) is 0 Å². The SMILES string of the molecule is CCS(=O)(=O)Nc1ccc(Oc2c(C)cc(F)cc2C)c(-n2cc(C)c(=O)c3ccc(-c4nc(C)no4)cc32)c1. The summed E-state index contributed by atoms with van der Waals surface area (Å²) in [6, 6.07) is 12.8. The van der Waals surface area contributed by atoms with Crippen LogP contribution in [0.1, 0.15) is 29.4 Å². The van der Waals surface area contributed by atoms with Gasteiger partial charge in [0.2, 0.25) is 10.0 Å². The van der Waals surface area contributed by atoms with E-state index in [1.54, 1.807) is 81.8 Å². The molecule has 0 aliphatic carbocycles. The van der Waals surface area contributed by atoms with Gasteiger partial charge in [0, 0.05) is 22.7 Å². The number of fused-ring (bicyclic) bond motifs is 1. The van der Waals surface area contributed by atoms with Gasteiger partial charge >= 0.3 is 0 Å². The van der Waals surface area contributed by atoms with Crippen LogP contribution in [0.4, 0.5) is 10.1 Å². The third kappa shape index (κ3) is 5.20. The Morgan fingerprint density at radius 2 is 1.73 bits per heavy atom. The number of hydrogen-bond donors (Lipinski definition) is 1. The maximum Gasteiger partial charge on any atom is 0.257 e. The van der Waals surface area contributed by atoms with E-state index < -0.39 is 10.0 Å². The molecule has 206 valence electrons. The van der Waals surface area contributed by atoms with E-state index in [4.69, 9.17) is 9.26 Å². The van der Waals surface area contributed by atoms with Crippen LogP contribution in [0.25, 0.3) is 28.0 Å². The van der Waals surface area contributed by atoms with E-state index in [0.29, 0.717) is 61.9 Å². The summed E-state index contributed by atoms with van der Waals surface area (Å²) in [5, 5.41) is 4.29. The predicted molar refractivity (Wildman–Crippen MR) is 151 cm³/mol. The molecular weight excluding hydrogens is 535 g/mol. The number of ether oxygens (including phenoxy) is 1. The Balaban J connectivity index is 1.78. The average molecular weight is 563 g/mol. The molecule has 5 aromatic rings. The van der Waals surface area contributed by atoms with Crippen LogP contribution in [0.15, 0.2) is 64.0 Å². The molecule has 9 nitrogen and oxygen atoms in total. The molecule has 0 atom stereocenters. The van der Waals surface area contributed by atoms with Crippen LogP contribution in [0.3, 0.4) is 0 Å². The molecular formula is C29H27FN4O5S. The molecule has 0 saturated heterocycles. The molecule has 2 aromatic heterocycles. The van der Waals surface area contributed by atoms with Gasteiger partial charge in [-0.15, -0.1) is 0 Å². The number of nitrogens with one attached hydrogen (secondary N) is 1. The third-order valence-corrected chi connectivity index (χ3v) is 7.77. The second-order valence-electron chi connectivity index (χ2n) is 9.55. The molecule has 0 aliphatic heterocycles. The highest BCUT2D eigenvalue weighted by molar-refractivity contribution is 7.92. The van der Waals surface area contributed by atoms with E-state index >= 15 is 0 Å². The Bertz CT molecular complexity index is 1920. The largest absolute Gasteiger partial charge is 0.455 e. The standard InChI is InChI=1S/C29H27FN4O5S/c1-6-40(36,37)33-22-8-10-26(38-28-16(2)11-21(30)12-17(28)3)25(14-22)34-15-18(4)27(35)23-9-7-20(13-24(23)34)29-31-19(5)32-39-29/h7-15,33H,6H2,1-5H3. The van der Waals surface area contributed by atoms with E-state index in [2.05, 4.69) is 14.9 Å². The Hall–Kier alpha value is -4.51. The first-order chi connectivity index (χ1) is 19.0. The smallest absolute Gasteiger partial charge is 0.257 e. The van der Waals surface area contributed by atoms with Crippen LogP contribution < -0.4 is 14.9 Å². The van der Waals surface area contributed by atoms with Gasteiger partial charge in [-0.25, -0.2) is 12.8 Å². The minimum atomic E-state index is -3.58. The van der Waals surface area contributed by atoms with Crippen LogP contribution in [0, 0.1) is 33.5 Å². The normalized spacial score (nSPS) is 11.7. The summed E-state index contributed by atoms with van der Waals surface area (Å²) in [5.41, 5.74) is 3.36.